The zero-order valence-corrected chi connectivity index (χ0v) is 4.57. The Morgan fingerprint density at radius 1 is 1.44 bits per heavy atom. The minimum absolute atomic E-state index is 0.532. The number of carboxylic acid groups (broad SMARTS) is 2. The lowest BCUT2D eigenvalue weighted by atomic mass is 11.2. The van der Waals surface area contributed by atoms with Crippen molar-refractivity contribution >= 4 is 11.9 Å². The topological polar surface area (TPSA) is 101 Å². The van der Waals surface area contributed by atoms with E-state index in [2.05, 4.69) is 0 Å². The van der Waals surface area contributed by atoms with Gasteiger partial charge in [0.1, 0.15) is 6.04 Å². The highest BCUT2D eigenvalue weighted by Gasteiger charge is 2.14. The zero-order chi connectivity index (χ0) is 7.44. The lowest BCUT2D eigenvalue weighted by molar-refractivity contribution is -0.144. The van der Waals surface area contributed by atoms with E-state index in [1.54, 1.807) is 0 Å². The first-order valence-electron chi connectivity index (χ1n) is 2.24. The molecule has 0 unspecified atom stereocenters. The lowest BCUT2D eigenvalue weighted by Gasteiger charge is -1.99. The molecular weight excluding hydrogens is 131 g/mol. The molecule has 0 aliphatic rings. The number of aliphatic carboxylic acids is 2. The van der Waals surface area contributed by atoms with Gasteiger partial charge in [0.15, 0.2) is 0 Å². The molecule has 4 N–H and O–H groups in total. The van der Waals surface area contributed by atoms with E-state index in [0.29, 0.717) is 0 Å². The van der Waals surface area contributed by atoms with E-state index < -0.39 is 24.4 Å². The summed E-state index contributed by atoms with van der Waals surface area (Å²) in [5, 5.41) is 16.0. The van der Waals surface area contributed by atoms with Gasteiger partial charge in [0.05, 0.1) is 6.42 Å². The summed E-state index contributed by atoms with van der Waals surface area (Å²) in [4.78, 5) is 19.6. The van der Waals surface area contributed by atoms with Crippen LogP contribution in [0.25, 0.3) is 0 Å². The Balaban J connectivity index is 3.63. The second-order valence-electron chi connectivity index (χ2n) is 1.54. The molecule has 0 bridgehead atoms. The molecule has 0 aromatic heterocycles. The highest BCUT2D eigenvalue weighted by molar-refractivity contribution is 5.80. The van der Waals surface area contributed by atoms with Crippen molar-refractivity contribution in [2.45, 2.75) is 12.5 Å². The fourth-order valence-corrected chi connectivity index (χ4v) is 0.275. The Kier molecular flexibility index (Phi) is 2.66. The van der Waals surface area contributed by atoms with Crippen molar-refractivity contribution in [2.24, 2.45) is 5.73 Å². The van der Waals surface area contributed by atoms with E-state index >= 15 is 0 Å². The van der Waals surface area contributed by atoms with Crippen molar-refractivity contribution in [2.75, 3.05) is 0 Å². The third-order valence-corrected chi connectivity index (χ3v) is 0.712. The van der Waals surface area contributed by atoms with Gasteiger partial charge in [-0.1, -0.05) is 0 Å². The second-order valence-corrected chi connectivity index (χ2v) is 1.54. The van der Waals surface area contributed by atoms with Crippen LogP contribution >= 0.6 is 0 Å². The first-order chi connectivity index (χ1) is 4.04. The normalized spacial score (nSPS) is 12.6. The van der Waals surface area contributed by atoms with Crippen LogP contribution in [0.15, 0.2) is 0 Å². The summed E-state index contributed by atoms with van der Waals surface area (Å²) in [5.41, 5.74) is 4.84. The SMILES string of the molecule is [15NH2][13C@H]([13CH2][13C](=O)O)[13C](=O)O. The number of carboxylic acids is 2. The zero-order valence-electron chi connectivity index (χ0n) is 4.57. The summed E-state index contributed by atoms with van der Waals surface area (Å²) in [6.45, 7) is 0. The van der Waals surface area contributed by atoms with Crippen LogP contribution in [0.3, 0.4) is 0 Å². The monoisotopic (exact) mass is 138 g/mol. The highest BCUT2D eigenvalue weighted by atomic mass is 16.5. The maximum Gasteiger partial charge on any atom is 0.321 e. The molecule has 0 amide bonds. The summed E-state index contributed by atoms with van der Waals surface area (Å²) >= 11 is 0. The van der Waals surface area contributed by atoms with E-state index in [9.17, 15) is 9.59 Å². The molecule has 0 rings (SSSR count). The Bertz CT molecular complexity index is 133. The molecule has 0 heterocycles. The smallest absolute Gasteiger partial charge is 0.321 e. The van der Waals surface area contributed by atoms with Crippen molar-refractivity contribution in [3.05, 3.63) is 0 Å². The van der Waals surface area contributed by atoms with Gasteiger partial charge in [-0.15, -0.1) is 0 Å². The van der Waals surface area contributed by atoms with E-state index in [1.165, 1.54) is 0 Å². The van der Waals surface area contributed by atoms with E-state index in [0.717, 1.165) is 0 Å². The minimum Gasteiger partial charge on any atom is -0.481 e. The first-order valence-corrected chi connectivity index (χ1v) is 2.24. The number of rotatable bonds is 3. The van der Waals surface area contributed by atoms with Gasteiger partial charge in [0.25, 0.3) is 0 Å². The van der Waals surface area contributed by atoms with E-state index in [-0.39, 0.29) is 0 Å². The van der Waals surface area contributed by atoms with Gasteiger partial charge in [-0.3, -0.25) is 9.59 Å². The molecule has 9 heavy (non-hydrogen) atoms. The molecule has 1 atom stereocenters. The van der Waals surface area contributed by atoms with E-state index in [4.69, 9.17) is 15.9 Å². The maximum absolute atomic E-state index is 9.85. The van der Waals surface area contributed by atoms with Crippen molar-refractivity contribution in [3.8, 4) is 0 Å². The summed E-state index contributed by atoms with van der Waals surface area (Å²) < 4.78 is 0. The molecule has 0 aliphatic heterocycles. The fraction of sp³-hybridized carbons (Fsp3) is 0.500. The van der Waals surface area contributed by atoms with Gasteiger partial charge < -0.3 is 15.9 Å². The fourth-order valence-electron chi connectivity index (χ4n) is 0.275. The molecule has 0 saturated heterocycles. The molecule has 0 aromatic rings. The van der Waals surface area contributed by atoms with Gasteiger partial charge in [-0.05, 0) is 0 Å². The molecule has 0 radical (unpaired) electrons. The first kappa shape index (κ1) is 7.90. The summed E-state index contributed by atoms with van der Waals surface area (Å²) in [5.74, 6) is -2.50. The molecule has 0 aromatic carbocycles. The highest BCUT2D eigenvalue weighted by Crippen LogP contribution is 1.86. The minimum atomic E-state index is -1.29. The van der Waals surface area contributed by atoms with Crippen molar-refractivity contribution in [1.82, 2.24) is 0 Å². The van der Waals surface area contributed by atoms with Gasteiger partial charge in [-0.25, -0.2) is 0 Å². The van der Waals surface area contributed by atoms with Gasteiger partial charge in [0.2, 0.25) is 0 Å². The average molecular weight is 138 g/mol. The average Bonchev–Trinajstić information content (AvgIpc) is 1.63. The van der Waals surface area contributed by atoms with Crippen LogP contribution in [0.2, 0.25) is 0 Å². The molecule has 52 valence electrons. The predicted molar refractivity (Wildman–Crippen MR) is 27.9 cm³/mol. The van der Waals surface area contributed by atoms with Crippen LogP contribution in [0.1, 0.15) is 6.42 Å². The summed E-state index contributed by atoms with van der Waals surface area (Å²) in [6, 6.07) is -1.29. The molecule has 5 heteroatoms. The van der Waals surface area contributed by atoms with Crippen LogP contribution in [-0.4, -0.2) is 28.2 Å². The van der Waals surface area contributed by atoms with Gasteiger partial charge in [-0.2, -0.15) is 0 Å². The quantitative estimate of drug-likeness (QED) is 0.338. The van der Waals surface area contributed by atoms with Gasteiger partial charge >= 0.3 is 11.9 Å². The van der Waals surface area contributed by atoms with Crippen LogP contribution in [0, 0.1) is 0 Å². The molecule has 0 spiro atoms. The lowest BCUT2D eigenvalue weighted by Crippen LogP contribution is -2.32. The molecule has 0 fully saturated rings. The third kappa shape index (κ3) is 3.48. The Morgan fingerprint density at radius 3 is 2.00 bits per heavy atom. The van der Waals surface area contributed by atoms with E-state index in [1.807, 2.05) is 0 Å². The van der Waals surface area contributed by atoms with Crippen LogP contribution in [0.4, 0.5) is 0 Å². The number of nitrogens with two attached hydrogens (primary N) is 1. The molecule has 0 aliphatic carbocycles. The van der Waals surface area contributed by atoms with Crippen molar-refractivity contribution in [1.29, 1.82) is 0 Å². The molecular formula is C4H7NO4. The van der Waals surface area contributed by atoms with Crippen molar-refractivity contribution in [3.63, 3.8) is 0 Å². The summed E-state index contributed by atoms with van der Waals surface area (Å²) in [7, 11) is 0. The largest absolute Gasteiger partial charge is 0.481 e. The maximum atomic E-state index is 9.85. The van der Waals surface area contributed by atoms with Gasteiger partial charge in [0, 0.05) is 0 Å². The Hall–Kier alpha value is -1.10. The third-order valence-electron chi connectivity index (χ3n) is 0.712. The molecule has 5 nitrogen and oxygen atoms in total. The number of carbonyl (C=O) groups is 2. The predicted octanol–water partition coefficient (Wildman–Crippen LogP) is -1.13. The molecule has 0 saturated carbocycles. The van der Waals surface area contributed by atoms with Crippen LogP contribution in [-0.2, 0) is 9.59 Å². The number of hydrogen-bond acceptors (Lipinski definition) is 3. The Morgan fingerprint density at radius 2 is 1.89 bits per heavy atom. The second kappa shape index (κ2) is 3.03. The number of hydrogen-bond donors (Lipinski definition) is 3. The standard InChI is InChI=1S/C4H7NO4/c5-2(4(8)9)1-3(6)7/h2H,1,5H2,(H,6,7)(H,8,9)/t2-/m1/s1/i1+1,2+1,3+1,4+1,5+1. The Labute approximate surface area is 51.1 Å². The van der Waals surface area contributed by atoms with Crippen LogP contribution in [0.5, 0.6) is 0 Å². The summed E-state index contributed by atoms with van der Waals surface area (Å²) in [6.07, 6.45) is -0.532. The van der Waals surface area contributed by atoms with Crippen LogP contribution < -0.4 is 5.73 Å². The van der Waals surface area contributed by atoms with Crippen molar-refractivity contribution < 1.29 is 19.8 Å².